The lowest BCUT2D eigenvalue weighted by Crippen LogP contribution is -2.46. The number of carbonyl (C=O) groups is 1. The maximum absolute atomic E-state index is 11.0. The summed E-state index contributed by atoms with van der Waals surface area (Å²) in [5.74, 6) is -0.937. The molecule has 0 aromatic carbocycles. The minimum atomic E-state index is -0.659. The second-order valence-corrected chi connectivity index (χ2v) is 6.35. The van der Waals surface area contributed by atoms with E-state index in [1.54, 1.807) is 0 Å². The van der Waals surface area contributed by atoms with E-state index >= 15 is 0 Å². The maximum atomic E-state index is 11.0. The summed E-state index contributed by atoms with van der Waals surface area (Å²) in [6, 6.07) is 0. The molecule has 1 atom stereocenters. The van der Waals surface area contributed by atoms with Crippen molar-refractivity contribution in [3.63, 3.8) is 0 Å². The number of rotatable bonds is 6. The Labute approximate surface area is 125 Å². The summed E-state index contributed by atoms with van der Waals surface area (Å²) in [7, 11) is 0. The predicted octanol–water partition coefficient (Wildman–Crippen LogP) is 1.96. The van der Waals surface area contributed by atoms with Gasteiger partial charge in [0.05, 0.1) is 19.3 Å². The van der Waals surface area contributed by atoms with Crippen LogP contribution in [0, 0.1) is 5.41 Å². The molecule has 1 saturated heterocycles. The van der Waals surface area contributed by atoms with Gasteiger partial charge >= 0.3 is 5.97 Å². The van der Waals surface area contributed by atoms with Gasteiger partial charge in [-0.15, -0.1) is 6.58 Å². The zero-order valence-electron chi connectivity index (χ0n) is 12.8. The Kier molecular flexibility index (Phi) is 4.86. The lowest BCUT2D eigenvalue weighted by atomic mass is 9.79. The SMILES string of the molecule is C=CCC1(CC[C@@H](O)C2=CC(=O)OC2)COC(C)(C)OC1. The molecule has 1 N–H and O–H groups in total. The van der Waals surface area contributed by atoms with Crippen LogP contribution < -0.4 is 0 Å². The lowest BCUT2D eigenvalue weighted by molar-refractivity contribution is -0.286. The molecular formula is C16H24O5. The minimum absolute atomic E-state index is 0.164. The van der Waals surface area contributed by atoms with Gasteiger partial charge in [-0.05, 0) is 33.1 Å². The number of aliphatic hydroxyl groups excluding tert-OH is 1. The van der Waals surface area contributed by atoms with Gasteiger partial charge in [0, 0.05) is 17.1 Å². The monoisotopic (exact) mass is 296 g/mol. The van der Waals surface area contributed by atoms with Crippen LogP contribution in [0.2, 0.25) is 0 Å². The molecule has 5 heteroatoms. The van der Waals surface area contributed by atoms with E-state index in [-0.39, 0.29) is 18.0 Å². The third-order valence-electron chi connectivity index (χ3n) is 4.09. The average Bonchev–Trinajstić information content (AvgIpc) is 2.86. The van der Waals surface area contributed by atoms with Crippen LogP contribution in [0.15, 0.2) is 24.3 Å². The molecule has 2 heterocycles. The molecule has 0 aromatic rings. The van der Waals surface area contributed by atoms with Gasteiger partial charge in [-0.1, -0.05) is 6.08 Å². The van der Waals surface area contributed by atoms with Crippen molar-refractivity contribution in [2.24, 2.45) is 5.41 Å². The number of carbonyl (C=O) groups excluding carboxylic acids is 1. The molecular weight excluding hydrogens is 272 g/mol. The molecule has 2 aliphatic rings. The van der Waals surface area contributed by atoms with Crippen molar-refractivity contribution in [2.75, 3.05) is 19.8 Å². The molecule has 0 aliphatic carbocycles. The van der Waals surface area contributed by atoms with Gasteiger partial charge in [-0.25, -0.2) is 4.79 Å². The highest BCUT2D eigenvalue weighted by molar-refractivity contribution is 5.85. The molecule has 2 aliphatic heterocycles. The molecule has 0 aromatic heterocycles. The van der Waals surface area contributed by atoms with Crippen LogP contribution in [0.1, 0.15) is 33.1 Å². The third kappa shape index (κ3) is 4.15. The molecule has 1 fully saturated rings. The van der Waals surface area contributed by atoms with Gasteiger partial charge in [0.15, 0.2) is 5.79 Å². The molecule has 0 spiro atoms. The fourth-order valence-electron chi connectivity index (χ4n) is 2.62. The fourth-order valence-corrected chi connectivity index (χ4v) is 2.62. The normalized spacial score (nSPS) is 25.1. The second kappa shape index (κ2) is 6.30. The van der Waals surface area contributed by atoms with E-state index in [0.29, 0.717) is 25.2 Å². The first-order chi connectivity index (χ1) is 9.86. The van der Waals surface area contributed by atoms with Crippen LogP contribution in [0.25, 0.3) is 0 Å². The second-order valence-electron chi connectivity index (χ2n) is 6.35. The summed E-state index contributed by atoms with van der Waals surface area (Å²) in [5, 5.41) is 10.2. The average molecular weight is 296 g/mol. The Morgan fingerprint density at radius 2 is 2.10 bits per heavy atom. The molecule has 2 rings (SSSR count). The first-order valence-corrected chi connectivity index (χ1v) is 7.30. The van der Waals surface area contributed by atoms with E-state index in [1.165, 1.54) is 6.08 Å². The molecule has 0 unspecified atom stereocenters. The quantitative estimate of drug-likeness (QED) is 0.599. The fraction of sp³-hybridized carbons (Fsp3) is 0.688. The molecule has 0 saturated carbocycles. The zero-order valence-corrected chi connectivity index (χ0v) is 12.8. The Bertz CT molecular complexity index is 428. The van der Waals surface area contributed by atoms with E-state index in [9.17, 15) is 9.90 Å². The van der Waals surface area contributed by atoms with E-state index in [1.807, 2.05) is 19.9 Å². The largest absolute Gasteiger partial charge is 0.458 e. The smallest absolute Gasteiger partial charge is 0.331 e. The van der Waals surface area contributed by atoms with Crippen LogP contribution in [-0.2, 0) is 19.0 Å². The van der Waals surface area contributed by atoms with Crippen LogP contribution in [-0.4, -0.2) is 42.8 Å². The number of hydrogen-bond donors (Lipinski definition) is 1. The van der Waals surface area contributed by atoms with Gasteiger partial charge in [-0.2, -0.15) is 0 Å². The summed E-state index contributed by atoms with van der Waals surface area (Å²) in [4.78, 5) is 11.0. The number of hydrogen-bond acceptors (Lipinski definition) is 5. The van der Waals surface area contributed by atoms with Crippen LogP contribution in [0.4, 0.5) is 0 Å². The number of allylic oxidation sites excluding steroid dienone is 1. The van der Waals surface area contributed by atoms with Crippen molar-refractivity contribution < 1.29 is 24.1 Å². The Morgan fingerprint density at radius 3 is 2.62 bits per heavy atom. The Morgan fingerprint density at radius 1 is 1.43 bits per heavy atom. The lowest BCUT2D eigenvalue weighted by Gasteiger charge is -2.43. The highest BCUT2D eigenvalue weighted by atomic mass is 16.7. The summed E-state index contributed by atoms with van der Waals surface area (Å²) in [6.45, 7) is 8.93. The van der Waals surface area contributed by atoms with Crippen molar-refractivity contribution >= 4 is 5.97 Å². The van der Waals surface area contributed by atoms with E-state index < -0.39 is 11.9 Å². The van der Waals surface area contributed by atoms with Crippen LogP contribution >= 0.6 is 0 Å². The number of cyclic esters (lactones) is 1. The van der Waals surface area contributed by atoms with E-state index in [4.69, 9.17) is 14.2 Å². The molecule has 5 nitrogen and oxygen atoms in total. The van der Waals surface area contributed by atoms with Crippen molar-refractivity contribution in [1.82, 2.24) is 0 Å². The minimum Gasteiger partial charge on any atom is -0.458 e. The highest BCUT2D eigenvalue weighted by Gasteiger charge is 2.39. The summed E-state index contributed by atoms with van der Waals surface area (Å²) in [5.41, 5.74) is 0.481. The molecule has 118 valence electrons. The maximum Gasteiger partial charge on any atom is 0.331 e. The summed E-state index contributed by atoms with van der Waals surface area (Å²) < 4.78 is 16.3. The zero-order chi connectivity index (χ0) is 15.5. The summed E-state index contributed by atoms with van der Waals surface area (Å²) >= 11 is 0. The molecule has 21 heavy (non-hydrogen) atoms. The topological polar surface area (TPSA) is 65.0 Å². The van der Waals surface area contributed by atoms with Crippen LogP contribution in [0.3, 0.4) is 0 Å². The summed E-state index contributed by atoms with van der Waals surface area (Å²) in [6.07, 6.45) is 4.63. The van der Waals surface area contributed by atoms with Crippen molar-refractivity contribution in [1.29, 1.82) is 0 Å². The van der Waals surface area contributed by atoms with Crippen LogP contribution in [0.5, 0.6) is 0 Å². The Hall–Kier alpha value is -1.17. The van der Waals surface area contributed by atoms with Gasteiger partial charge in [-0.3, -0.25) is 0 Å². The first kappa shape index (κ1) is 16.2. The van der Waals surface area contributed by atoms with Gasteiger partial charge in [0.2, 0.25) is 0 Å². The number of esters is 1. The van der Waals surface area contributed by atoms with Gasteiger partial charge in [0.25, 0.3) is 0 Å². The van der Waals surface area contributed by atoms with E-state index in [0.717, 1.165) is 12.8 Å². The highest BCUT2D eigenvalue weighted by Crippen LogP contribution is 2.37. The first-order valence-electron chi connectivity index (χ1n) is 7.30. The molecule has 0 radical (unpaired) electrons. The standard InChI is InChI=1S/C16H24O5/c1-4-6-16(10-20-15(2,3)21-11-16)7-5-13(17)12-8-14(18)19-9-12/h4,8,13,17H,1,5-7,9-11H2,2-3H3/t13-/m1/s1. The van der Waals surface area contributed by atoms with Gasteiger partial charge < -0.3 is 19.3 Å². The molecule has 0 bridgehead atoms. The molecule has 0 amide bonds. The number of ether oxygens (including phenoxy) is 3. The third-order valence-corrected chi connectivity index (χ3v) is 4.09. The predicted molar refractivity (Wildman–Crippen MR) is 77.5 cm³/mol. The Balaban J connectivity index is 1.93. The van der Waals surface area contributed by atoms with Crippen molar-refractivity contribution in [2.45, 2.75) is 45.0 Å². The van der Waals surface area contributed by atoms with Crippen molar-refractivity contribution in [3.8, 4) is 0 Å². The van der Waals surface area contributed by atoms with Crippen molar-refractivity contribution in [3.05, 3.63) is 24.3 Å². The van der Waals surface area contributed by atoms with E-state index in [2.05, 4.69) is 6.58 Å². The van der Waals surface area contributed by atoms with Gasteiger partial charge in [0.1, 0.15) is 6.61 Å². The number of aliphatic hydroxyl groups is 1.